The molecular formula is C36H28ClN3O5S. The summed E-state index contributed by atoms with van der Waals surface area (Å²) in [6.07, 6.45) is 3.33. The molecule has 2 heterocycles. The maximum Gasteiger partial charge on any atom is 0.271 e. The zero-order valence-electron chi connectivity index (χ0n) is 24.8. The third-order valence-corrected chi connectivity index (χ3v) is 9.38. The standard InChI is InChI=1S/C36H28ClN3O5S/c1-2-44-31-18-23(12-17-30(31)45-21-22-10-14-26(37)15-11-22)19-32-35(41)39-34(25-7-5-8-27(20-25)40(42)43)29-16-13-24-6-3-4-9-28(24)33(29)38-36(39)46-32/h3-12,14-15,17-20,34H,2,13,16,21H2,1H3/b32-19+/t34-/m0/s1. The number of hydrogen-bond acceptors (Lipinski definition) is 7. The maximum atomic E-state index is 14.2. The van der Waals surface area contributed by atoms with E-state index in [0.29, 0.717) is 51.1 Å². The number of aryl methyl sites for hydroxylation is 1. The Balaban J connectivity index is 1.32. The number of thiazole rings is 1. The van der Waals surface area contributed by atoms with E-state index in [1.807, 2.05) is 73.7 Å². The summed E-state index contributed by atoms with van der Waals surface area (Å²) in [5.74, 6) is 1.16. The first-order chi connectivity index (χ1) is 22.4. The van der Waals surface area contributed by atoms with Crippen molar-refractivity contribution in [2.45, 2.75) is 32.4 Å². The summed E-state index contributed by atoms with van der Waals surface area (Å²) in [5.41, 5.74) is 6.27. The number of nitro benzene ring substituents is 1. The van der Waals surface area contributed by atoms with Gasteiger partial charge in [-0.2, -0.15) is 0 Å². The molecule has 0 N–H and O–H groups in total. The van der Waals surface area contributed by atoms with Crippen molar-refractivity contribution in [3.05, 3.63) is 159 Å². The van der Waals surface area contributed by atoms with Gasteiger partial charge in [0.15, 0.2) is 16.3 Å². The smallest absolute Gasteiger partial charge is 0.271 e. The fraction of sp³-hybridized carbons (Fsp3) is 0.167. The minimum atomic E-state index is -0.510. The van der Waals surface area contributed by atoms with Gasteiger partial charge in [-0.3, -0.25) is 19.5 Å². The lowest BCUT2D eigenvalue weighted by atomic mass is 9.83. The monoisotopic (exact) mass is 649 g/mol. The first-order valence-electron chi connectivity index (χ1n) is 14.9. The second kappa shape index (κ2) is 12.4. The fourth-order valence-electron chi connectivity index (χ4n) is 6.03. The zero-order valence-corrected chi connectivity index (χ0v) is 26.4. The lowest BCUT2D eigenvalue weighted by molar-refractivity contribution is -0.384. The highest BCUT2D eigenvalue weighted by Crippen LogP contribution is 2.41. The highest BCUT2D eigenvalue weighted by molar-refractivity contribution is 7.07. The maximum absolute atomic E-state index is 14.2. The first kappa shape index (κ1) is 29.7. The molecule has 2 aliphatic rings. The number of rotatable bonds is 8. The minimum Gasteiger partial charge on any atom is -0.490 e. The van der Waals surface area contributed by atoms with Gasteiger partial charge in [0, 0.05) is 22.7 Å². The van der Waals surface area contributed by atoms with Crippen molar-refractivity contribution >= 4 is 40.4 Å². The molecule has 230 valence electrons. The van der Waals surface area contributed by atoms with Gasteiger partial charge in [0.05, 0.1) is 27.8 Å². The molecule has 10 heteroatoms. The second-order valence-electron chi connectivity index (χ2n) is 11.0. The Morgan fingerprint density at radius 3 is 2.63 bits per heavy atom. The fourth-order valence-corrected chi connectivity index (χ4v) is 7.15. The number of non-ortho nitro benzene ring substituents is 1. The van der Waals surface area contributed by atoms with Gasteiger partial charge in [-0.1, -0.05) is 77.5 Å². The van der Waals surface area contributed by atoms with Gasteiger partial charge >= 0.3 is 0 Å². The van der Waals surface area contributed by atoms with Gasteiger partial charge in [0.2, 0.25) is 0 Å². The molecule has 1 aromatic heterocycles. The number of benzene rings is 4. The van der Waals surface area contributed by atoms with Crippen LogP contribution in [0.3, 0.4) is 0 Å². The van der Waals surface area contributed by atoms with E-state index in [2.05, 4.69) is 12.1 Å². The summed E-state index contributed by atoms with van der Waals surface area (Å²) < 4.78 is 14.2. The molecule has 46 heavy (non-hydrogen) atoms. The number of fused-ring (bicyclic) bond motifs is 3. The first-order valence-corrected chi connectivity index (χ1v) is 16.1. The van der Waals surface area contributed by atoms with Crippen LogP contribution in [0.25, 0.3) is 11.8 Å². The van der Waals surface area contributed by atoms with E-state index in [0.717, 1.165) is 34.4 Å². The van der Waals surface area contributed by atoms with Crippen molar-refractivity contribution in [2.75, 3.05) is 6.61 Å². The number of nitro groups is 1. The summed E-state index contributed by atoms with van der Waals surface area (Å²) in [7, 11) is 0. The molecule has 0 amide bonds. The molecular weight excluding hydrogens is 622 g/mol. The van der Waals surface area contributed by atoms with Crippen LogP contribution in [-0.2, 0) is 13.0 Å². The van der Waals surface area contributed by atoms with Gasteiger partial charge in [-0.25, -0.2) is 4.99 Å². The van der Waals surface area contributed by atoms with E-state index in [1.54, 1.807) is 16.7 Å². The van der Waals surface area contributed by atoms with E-state index >= 15 is 0 Å². The van der Waals surface area contributed by atoms with E-state index < -0.39 is 11.0 Å². The average Bonchev–Trinajstić information content (AvgIpc) is 3.38. The van der Waals surface area contributed by atoms with Crippen LogP contribution in [-0.4, -0.2) is 16.1 Å². The Labute approximate surface area is 273 Å². The van der Waals surface area contributed by atoms with Crippen molar-refractivity contribution in [3.8, 4) is 11.5 Å². The van der Waals surface area contributed by atoms with Crippen LogP contribution < -0.4 is 24.4 Å². The quantitative estimate of drug-likeness (QED) is 0.135. The van der Waals surface area contributed by atoms with Crippen molar-refractivity contribution < 1.29 is 14.4 Å². The topological polar surface area (TPSA) is 96.0 Å². The van der Waals surface area contributed by atoms with Gasteiger partial charge in [-0.05, 0) is 77.9 Å². The van der Waals surface area contributed by atoms with Gasteiger partial charge in [-0.15, -0.1) is 0 Å². The number of allylic oxidation sites excluding steroid dienone is 1. The number of halogens is 1. The summed E-state index contributed by atoms with van der Waals surface area (Å²) in [4.78, 5) is 31.1. The molecule has 0 fully saturated rings. The molecule has 8 nitrogen and oxygen atoms in total. The molecule has 4 aromatic carbocycles. The van der Waals surface area contributed by atoms with E-state index in [4.69, 9.17) is 26.1 Å². The van der Waals surface area contributed by atoms with Crippen LogP contribution in [0.2, 0.25) is 5.02 Å². The van der Waals surface area contributed by atoms with Gasteiger partial charge in [0.1, 0.15) is 6.61 Å². The van der Waals surface area contributed by atoms with Crippen LogP contribution in [0, 0.1) is 10.1 Å². The van der Waals surface area contributed by atoms with Crippen LogP contribution >= 0.6 is 22.9 Å². The van der Waals surface area contributed by atoms with Crippen molar-refractivity contribution in [2.24, 2.45) is 4.99 Å². The van der Waals surface area contributed by atoms with Crippen molar-refractivity contribution in [1.82, 2.24) is 4.57 Å². The Morgan fingerprint density at radius 2 is 1.83 bits per heavy atom. The largest absolute Gasteiger partial charge is 0.490 e. The number of ether oxygens (including phenoxy) is 2. The van der Waals surface area contributed by atoms with Gasteiger partial charge in [0.25, 0.3) is 11.2 Å². The zero-order chi connectivity index (χ0) is 31.8. The Hall–Kier alpha value is -4.99. The van der Waals surface area contributed by atoms with Crippen LogP contribution in [0.1, 0.15) is 47.2 Å². The van der Waals surface area contributed by atoms with E-state index in [9.17, 15) is 14.9 Å². The summed E-state index contributed by atoms with van der Waals surface area (Å²) in [6.45, 7) is 2.70. The summed E-state index contributed by atoms with van der Waals surface area (Å²) in [6, 6.07) is 27.3. The van der Waals surface area contributed by atoms with E-state index in [-0.39, 0.29) is 11.2 Å². The molecule has 1 atom stereocenters. The number of nitrogens with zero attached hydrogens (tertiary/aromatic N) is 3. The predicted molar refractivity (Wildman–Crippen MR) is 179 cm³/mol. The SMILES string of the molecule is CCOc1cc(/C=c2/sc3n(c2=O)[C@@H](c2cccc([N+](=O)[O-])c2)C2=C(N=3)c3ccccc3CC2)ccc1OCc1ccc(Cl)cc1. The molecule has 0 saturated heterocycles. The molecule has 0 saturated carbocycles. The molecule has 1 aliphatic heterocycles. The van der Waals surface area contributed by atoms with Crippen molar-refractivity contribution in [3.63, 3.8) is 0 Å². The summed E-state index contributed by atoms with van der Waals surface area (Å²) in [5, 5.41) is 12.4. The Kier molecular flexibility index (Phi) is 8.02. The highest BCUT2D eigenvalue weighted by atomic mass is 35.5. The Morgan fingerprint density at radius 1 is 1.00 bits per heavy atom. The van der Waals surface area contributed by atoms with Crippen LogP contribution in [0.4, 0.5) is 5.69 Å². The highest BCUT2D eigenvalue weighted by Gasteiger charge is 2.33. The number of aromatic nitrogens is 1. The van der Waals surface area contributed by atoms with Crippen LogP contribution in [0.15, 0.2) is 106 Å². The lowest BCUT2D eigenvalue weighted by Gasteiger charge is -2.30. The minimum absolute atomic E-state index is 0.0168. The molecule has 5 aromatic rings. The van der Waals surface area contributed by atoms with Gasteiger partial charge < -0.3 is 9.47 Å². The normalized spacial score (nSPS) is 15.4. The van der Waals surface area contributed by atoms with Crippen molar-refractivity contribution in [1.29, 1.82) is 0 Å². The molecule has 7 rings (SSSR count). The van der Waals surface area contributed by atoms with E-state index in [1.165, 1.54) is 23.0 Å². The molecule has 0 radical (unpaired) electrons. The molecule has 0 unspecified atom stereocenters. The third kappa shape index (κ3) is 5.63. The third-order valence-electron chi connectivity index (χ3n) is 8.14. The Bertz CT molecular complexity index is 2200. The number of hydrogen-bond donors (Lipinski definition) is 0. The predicted octanol–water partition coefficient (Wildman–Crippen LogP) is 6.86. The summed E-state index contributed by atoms with van der Waals surface area (Å²) >= 11 is 7.32. The molecule has 1 aliphatic carbocycles. The van der Waals surface area contributed by atoms with Crippen LogP contribution in [0.5, 0.6) is 11.5 Å². The lowest BCUT2D eigenvalue weighted by Crippen LogP contribution is -2.38. The molecule has 0 bridgehead atoms. The molecule has 0 spiro atoms. The second-order valence-corrected chi connectivity index (χ2v) is 12.5. The average molecular weight is 650 g/mol.